The molecule has 0 aliphatic carbocycles. The Hall–Kier alpha value is -1.12. The minimum absolute atomic E-state index is 0.534. The summed E-state index contributed by atoms with van der Waals surface area (Å²) in [6.07, 6.45) is 3.64. The van der Waals surface area contributed by atoms with E-state index in [0.29, 0.717) is 18.0 Å². The minimum Gasteiger partial charge on any atom is -0.493 e. The third kappa shape index (κ3) is 3.46. The van der Waals surface area contributed by atoms with Gasteiger partial charge in [-0.1, -0.05) is 6.92 Å². The second-order valence-corrected chi connectivity index (χ2v) is 6.90. The summed E-state index contributed by atoms with van der Waals surface area (Å²) in [5.41, 5.74) is 3.22. The molecule has 8 heteroatoms. The van der Waals surface area contributed by atoms with Gasteiger partial charge in [-0.25, -0.2) is 13.8 Å². The number of nitrogens with two attached hydrogens (primary N) is 1. The summed E-state index contributed by atoms with van der Waals surface area (Å²) in [6.45, 7) is 4.30. The minimum atomic E-state index is -3.24. The molecule has 19 heavy (non-hydrogen) atoms. The number of nitrogens with zero attached hydrogens (tertiary/aromatic N) is 2. The Morgan fingerprint density at radius 3 is 2.63 bits per heavy atom. The van der Waals surface area contributed by atoms with Crippen LogP contribution < -0.4 is 16.0 Å². The molecule has 0 fully saturated rings. The highest BCUT2D eigenvalue weighted by Gasteiger charge is 2.31. The molecule has 1 aromatic rings. The van der Waals surface area contributed by atoms with Crippen LogP contribution in [0.15, 0.2) is 6.20 Å². The van der Waals surface area contributed by atoms with Crippen LogP contribution in [0.3, 0.4) is 0 Å². The molecule has 0 bridgehead atoms. The summed E-state index contributed by atoms with van der Waals surface area (Å²) in [5.74, 6) is 6.07. The molecule has 0 spiro atoms. The standard InChI is InChI=1S/C11H22N4O3S/c1-5-6-15-11(9(18-3)7-13-15)10(14-12)8(2)19(4,16)17/h7-8,10,14H,5-6,12H2,1-4H3. The molecule has 2 unspecified atom stereocenters. The van der Waals surface area contributed by atoms with E-state index < -0.39 is 21.1 Å². The number of methoxy groups -OCH3 is 1. The number of ether oxygens (including phenoxy) is 1. The third-order valence-corrected chi connectivity index (χ3v) is 4.74. The molecular weight excluding hydrogens is 268 g/mol. The second kappa shape index (κ2) is 6.36. The van der Waals surface area contributed by atoms with Crippen LogP contribution in [0.2, 0.25) is 0 Å². The monoisotopic (exact) mass is 290 g/mol. The average molecular weight is 290 g/mol. The summed E-state index contributed by atoms with van der Waals surface area (Å²) >= 11 is 0. The Morgan fingerprint density at radius 1 is 1.58 bits per heavy atom. The lowest BCUT2D eigenvalue weighted by molar-refractivity contribution is 0.387. The van der Waals surface area contributed by atoms with Gasteiger partial charge in [0.15, 0.2) is 15.6 Å². The summed E-state index contributed by atoms with van der Waals surface area (Å²) < 4.78 is 30.4. The zero-order chi connectivity index (χ0) is 14.6. The molecule has 2 atom stereocenters. The van der Waals surface area contributed by atoms with Crippen molar-refractivity contribution in [3.05, 3.63) is 11.9 Å². The van der Waals surface area contributed by atoms with Crippen molar-refractivity contribution in [2.24, 2.45) is 5.84 Å². The Labute approximate surface area is 114 Å². The number of hydrogen-bond donors (Lipinski definition) is 2. The first-order valence-electron chi connectivity index (χ1n) is 6.11. The normalized spacial score (nSPS) is 15.2. The first kappa shape index (κ1) is 15.9. The Kier molecular flexibility index (Phi) is 5.33. The van der Waals surface area contributed by atoms with Gasteiger partial charge in [0.1, 0.15) is 0 Å². The molecule has 0 aliphatic heterocycles. The summed E-state index contributed by atoms with van der Waals surface area (Å²) in [6, 6.07) is -0.570. The zero-order valence-electron chi connectivity index (χ0n) is 11.8. The van der Waals surface area contributed by atoms with Gasteiger partial charge < -0.3 is 4.74 Å². The number of sulfone groups is 1. The van der Waals surface area contributed by atoms with Crippen molar-refractivity contribution in [1.82, 2.24) is 15.2 Å². The molecule has 3 N–H and O–H groups in total. The van der Waals surface area contributed by atoms with Crippen molar-refractivity contribution in [2.75, 3.05) is 13.4 Å². The Balaban J connectivity index is 3.27. The molecular formula is C11H22N4O3S. The van der Waals surface area contributed by atoms with E-state index in [1.54, 1.807) is 17.8 Å². The van der Waals surface area contributed by atoms with Crippen molar-refractivity contribution in [3.8, 4) is 5.75 Å². The van der Waals surface area contributed by atoms with Gasteiger partial charge in [0.25, 0.3) is 0 Å². The van der Waals surface area contributed by atoms with Gasteiger partial charge in [0.05, 0.1) is 30.3 Å². The fourth-order valence-electron chi connectivity index (χ4n) is 1.92. The topological polar surface area (TPSA) is 99.2 Å². The smallest absolute Gasteiger partial charge is 0.161 e. The molecule has 1 heterocycles. The van der Waals surface area contributed by atoms with Gasteiger partial charge >= 0.3 is 0 Å². The number of nitrogens with one attached hydrogen (secondary N) is 1. The van der Waals surface area contributed by atoms with Gasteiger partial charge in [-0.05, 0) is 13.3 Å². The van der Waals surface area contributed by atoms with E-state index in [4.69, 9.17) is 10.6 Å². The zero-order valence-corrected chi connectivity index (χ0v) is 12.6. The first-order valence-corrected chi connectivity index (χ1v) is 8.06. The van der Waals surface area contributed by atoms with Crippen molar-refractivity contribution in [2.45, 2.75) is 38.1 Å². The number of aromatic nitrogens is 2. The highest BCUT2D eigenvalue weighted by Crippen LogP contribution is 2.29. The predicted molar refractivity (Wildman–Crippen MR) is 73.4 cm³/mol. The summed E-state index contributed by atoms with van der Waals surface area (Å²) in [5, 5.41) is 3.53. The third-order valence-electron chi connectivity index (χ3n) is 3.12. The second-order valence-electron chi connectivity index (χ2n) is 4.50. The average Bonchev–Trinajstić information content (AvgIpc) is 2.73. The molecule has 110 valence electrons. The molecule has 0 amide bonds. The van der Waals surface area contributed by atoms with E-state index in [1.807, 2.05) is 6.92 Å². The van der Waals surface area contributed by atoms with Crippen LogP contribution in [0.5, 0.6) is 5.75 Å². The predicted octanol–water partition coefficient (Wildman–Crippen LogP) is 0.239. The lowest BCUT2D eigenvalue weighted by Crippen LogP contribution is -2.40. The largest absolute Gasteiger partial charge is 0.493 e. The fourth-order valence-corrected chi connectivity index (χ4v) is 2.62. The maximum Gasteiger partial charge on any atom is 0.161 e. The van der Waals surface area contributed by atoms with Crippen LogP contribution in [-0.2, 0) is 16.4 Å². The van der Waals surface area contributed by atoms with Crippen molar-refractivity contribution < 1.29 is 13.2 Å². The van der Waals surface area contributed by atoms with E-state index in [2.05, 4.69) is 10.5 Å². The quantitative estimate of drug-likeness (QED) is 0.551. The van der Waals surface area contributed by atoms with E-state index in [1.165, 1.54) is 13.4 Å². The van der Waals surface area contributed by atoms with Gasteiger partial charge in [-0.2, -0.15) is 5.10 Å². The highest BCUT2D eigenvalue weighted by molar-refractivity contribution is 7.91. The lowest BCUT2D eigenvalue weighted by atomic mass is 10.1. The Bertz CT molecular complexity index is 512. The summed E-state index contributed by atoms with van der Waals surface area (Å²) in [7, 11) is -1.71. The molecule has 7 nitrogen and oxygen atoms in total. The molecule has 1 rings (SSSR count). The number of rotatable bonds is 7. The number of hydrazine groups is 1. The van der Waals surface area contributed by atoms with Gasteiger partial charge in [0, 0.05) is 12.8 Å². The maximum atomic E-state index is 11.7. The fraction of sp³-hybridized carbons (Fsp3) is 0.727. The van der Waals surface area contributed by atoms with E-state index >= 15 is 0 Å². The molecule has 0 saturated heterocycles. The highest BCUT2D eigenvalue weighted by atomic mass is 32.2. The first-order chi connectivity index (χ1) is 8.86. The molecule has 0 saturated carbocycles. The molecule has 0 radical (unpaired) electrons. The van der Waals surface area contributed by atoms with Crippen molar-refractivity contribution in [1.29, 1.82) is 0 Å². The van der Waals surface area contributed by atoms with E-state index in [-0.39, 0.29) is 0 Å². The molecule has 0 aliphatic rings. The van der Waals surface area contributed by atoms with Gasteiger partial charge in [0.2, 0.25) is 0 Å². The lowest BCUT2D eigenvalue weighted by Gasteiger charge is -2.23. The van der Waals surface area contributed by atoms with Crippen molar-refractivity contribution >= 4 is 9.84 Å². The van der Waals surface area contributed by atoms with Gasteiger partial charge in [-0.3, -0.25) is 10.5 Å². The van der Waals surface area contributed by atoms with Crippen LogP contribution >= 0.6 is 0 Å². The van der Waals surface area contributed by atoms with Gasteiger partial charge in [-0.15, -0.1) is 0 Å². The van der Waals surface area contributed by atoms with Crippen molar-refractivity contribution in [3.63, 3.8) is 0 Å². The van der Waals surface area contributed by atoms with E-state index in [0.717, 1.165) is 6.42 Å². The number of hydrogen-bond acceptors (Lipinski definition) is 6. The van der Waals surface area contributed by atoms with Crippen LogP contribution in [-0.4, -0.2) is 36.8 Å². The molecule has 0 aromatic carbocycles. The van der Waals surface area contributed by atoms with Crippen LogP contribution in [0.1, 0.15) is 32.0 Å². The molecule has 1 aromatic heterocycles. The van der Waals surface area contributed by atoms with Crippen LogP contribution in [0.25, 0.3) is 0 Å². The Morgan fingerprint density at radius 2 is 2.21 bits per heavy atom. The number of aryl methyl sites for hydroxylation is 1. The maximum absolute atomic E-state index is 11.7. The summed E-state index contributed by atoms with van der Waals surface area (Å²) in [4.78, 5) is 0. The van der Waals surface area contributed by atoms with E-state index in [9.17, 15) is 8.42 Å². The van der Waals surface area contributed by atoms with Crippen LogP contribution in [0, 0.1) is 0 Å². The SMILES string of the molecule is CCCn1ncc(OC)c1C(NN)C(C)S(C)(=O)=O. The van der Waals surface area contributed by atoms with Crippen LogP contribution in [0.4, 0.5) is 0 Å².